The molecule has 100 valence electrons. The highest BCUT2D eigenvalue weighted by atomic mass is 16.5. The van der Waals surface area contributed by atoms with Gasteiger partial charge in [0, 0.05) is 6.07 Å². The van der Waals surface area contributed by atoms with Crippen LogP contribution in [0.25, 0.3) is 0 Å². The minimum Gasteiger partial charge on any atom is -0.481 e. The molecule has 0 amide bonds. The molecular formula is C14H18N4O. The Hall–Kier alpha value is -1.98. The van der Waals surface area contributed by atoms with Crippen LogP contribution in [0.15, 0.2) is 36.7 Å². The lowest BCUT2D eigenvalue weighted by molar-refractivity contribution is 0.393. The number of ether oxygens (including phenoxy) is 1. The van der Waals surface area contributed by atoms with E-state index in [1.54, 1.807) is 13.2 Å². The summed E-state index contributed by atoms with van der Waals surface area (Å²) < 4.78 is 5.10. The van der Waals surface area contributed by atoms with Crippen LogP contribution in [0.3, 0.4) is 0 Å². The van der Waals surface area contributed by atoms with Crippen molar-refractivity contribution in [1.82, 2.24) is 15.4 Å². The van der Waals surface area contributed by atoms with E-state index < -0.39 is 0 Å². The number of nitrogens with one attached hydrogen (secondary N) is 1. The van der Waals surface area contributed by atoms with Crippen LogP contribution < -0.4 is 16.0 Å². The van der Waals surface area contributed by atoms with Crippen molar-refractivity contribution in [1.29, 1.82) is 0 Å². The van der Waals surface area contributed by atoms with Crippen molar-refractivity contribution in [3.05, 3.63) is 53.5 Å². The number of benzene rings is 1. The summed E-state index contributed by atoms with van der Waals surface area (Å²) in [7, 11) is 1.58. The first-order valence-electron chi connectivity index (χ1n) is 6.11. The van der Waals surface area contributed by atoms with Crippen molar-refractivity contribution in [3.8, 4) is 5.88 Å². The Morgan fingerprint density at radius 1 is 1.32 bits per heavy atom. The number of hydrazine groups is 1. The van der Waals surface area contributed by atoms with Gasteiger partial charge in [-0.2, -0.15) is 0 Å². The Bertz CT molecular complexity index is 544. The fraction of sp³-hybridized carbons (Fsp3) is 0.286. The summed E-state index contributed by atoms with van der Waals surface area (Å²) in [4.78, 5) is 8.25. The molecular weight excluding hydrogens is 240 g/mol. The summed E-state index contributed by atoms with van der Waals surface area (Å²) in [5, 5.41) is 0. The van der Waals surface area contributed by atoms with Gasteiger partial charge in [-0.25, -0.2) is 9.97 Å². The summed E-state index contributed by atoms with van der Waals surface area (Å²) >= 11 is 0. The molecule has 5 nitrogen and oxygen atoms in total. The molecule has 1 heterocycles. The number of rotatable bonds is 5. The maximum absolute atomic E-state index is 5.64. The summed E-state index contributed by atoms with van der Waals surface area (Å²) in [6, 6.07) is 9.95. The number of aryl methyl sites for hydroxylation is 1. The molecule has 0 aliphatic rings. The highest BCUT2D eigenvalue weighted by molar-refractivity contribution is 5.28. The standard InChI is InChI=1S/C14H18N4O/c1-10-5-3-4-6-11(10)7-13(18-15)12-8-14(19-2)17-9-16-12/h3-6,8-9,13,18H,7,15H2,1-2H3. The fourth-order valence-electron chi connectivity index (χ4n) is 1.96. The van der Waals surface area contributed by atoms with Crippen molar-refractivity contribution in [3.63, 3.8) is 0 Å². The van der Waals surface area contributed by atoms with Gasteiger partial charge in [0.15, 0.2) is 0 Å². The number of aromatic nitrogens is 2. The van der Waals surface area contributed by atoms with E-state index in [9.17, 15) is 0 Å². The molecule has 1 atom stereocenters. The Morgan fingerprint density at radius 2 is 2.11 bits per heavy atom. The molecule has 2 aromatic rings. The molecule has 0 fully saturated rings. The van der Waals surface area contributed by atoms with E-state index >= 15 is 0 Å². The van der Waals surface area contributed by atoms with Gasteiger partial charge in [0.2, 0.25) is 5.88 Å². The van der Waals surface area contributed by atoms with Crippen LogP contribution in [0.4, 0.5) is 0 Å². The van der Waals surface area contributed by atoms with E-state index in [1.807, 2.05) is 12.1 Å². The van der Waals surface area contributed by atoms with Crippen LogP contribution in [0.1, 0.15) is 22.9 Å². The second kappa shape index (κ2) is 6.26. The van der Waals surface area contributed by atoms with Gasteiger partial charge < -0.3 is 4.74 Å². The molecule has 5 heteroatoms. The third-order valence-corrected chi connectivity index (χ3v) is 3.12. The normalized spacial score (nSPS) is 12.2. The molecule has 1 aromatic carbocycles. The van der Waals surface area contributed by atoms with Gasteiger partial charge in [0.25, 0.3) is 0 Å². The monoisotopic (exact) mass is 258 g/mol. The Kier molecular flexibility index (Phi) is 4.43. The Labute approximate surface area is 112 Å². The Balaban J connectivity index is 2.22. The largest absolute Gasteiger partial charge is 0.481 e. The Morgan fingerprint density at radius 3 is 2.79 bits per heavy atom. The van der Waals surface area contributed by atoms with Crippen molar-refractivity contribution < 1.29 is 4.74 Å². The van der Waals surface area contributed by atoms with E-state index in [4.69, 9.17) is 10.6 Å². The van der Waals surface area contributed by atoms with Gasteiger partial charge in [-0.05, 0) is 24.5 Å². The molecule has 0 radical (unpaired) electrons. The summed E-state index contributed by atoms with van der Waals surface area (Å²) in [5.74, 6) is 6.18. The second-order valence-corrected chi connectivity index (χ2v) is 4.34. The molecule has 1 aromatic heterocycles. The average molecular weight is 258 g/mol. The quantitative estimate of drug-likeness (QED) is 0.628. The topological polar surface area (TPSA) is 73.1 Å². The third-order valence-electron chi connectivity index (χ3n) is 3.12. The zero-order valence-corrected chi connectivity index (χ0v) is 11.1. The first-order chi connectivity index (χ1) is 9.24. The van der Waals surface area contributed by atoms with Crippen LogP contribution in [0, 0.1) is 6.92 Å². The predicted octanol–water partition coefficient (Wildman–Crippen LogP) is 1.54. The predicted molar refractivity (Wildman–Crippen MR) is 73.5 cm³/mol. The van der Waals surface area contributed by atoms with Gasteiger partial charge >= 0.3 is 0 Å². The van der Waals surface area contributed by atoms with Gasteiger partial charge in [0.05, 0.1) is 18.8 Å². The van der Waals surface area contributed by atoms with Gasteiger partial charge in [-0.1, -0.05) is 24.3 Å². The lowest BCUT2D eigenvalue weighted by atomic mass is 9.99. The summed E-state index contributed by atoms with van der Waals surface area (Å²) in [6.07, 6.45) is 2.25. The molecule has 1 unspecified atom stereocenters. The van der Waals surface area contributed by atoms with E-state index in [2.05, 4.69) is 34.5 Å². The molecule has 0 saturated carbocycles. The lowest BCUT2D eigenvalue weighted by Gasteiger charge is -2.17. The number of hydrogen-bond acceptors (Lipinski definition) is 5. The summed E-state index contributed by atoms with van der Waals surface area (Å²) in [6.45, 7) is 2.09. The number of nitrogens with two attached hydrogens (primary N) is 1. The van der Waals surface area contributed by atoms with Crippen LogP contribution in [0.2, 0.25) is 0 Å². The molecule has 0 saturated heterocycles. The van der Waals surface area contributed by atoms with Crippen LogP contribution in [0.5, 0.6) is 5.88 Å². The average Bonchev–Trinajstić information content (AvgIpc) is 2.46. The van der Waals surface area contributed by atoms with Crippen LogP contribution >= 0.6 is 0 Å². The maximum atomic E-state index is 5.64. The van der Waals surface area contributed by atoms with Crippen molar-refractivity contribution in [2.45, 2.75) is 19.4 Å². The maximum Gasteiger partial charge on any atom is 0.216 e. The SMILES string of the molecule is COc1cc(C(Cc2ccccc2C)NN)ncn1. The molecule has 3 N–H and O–H groups in total. The molecule has 19 heavy (non-hydrogen) atoms. The first kappa shape index (κ1) is 13.5. The summed E-state index contributed by atoms with van der Waals surface area (Å²) in [5.41, 5.74) is 6.10. The highest BCUT2D eigenvalue weighted by Gasteiger charge is 2.14. The highest BCUT2D eigenvalue weighted by Crippen LogP contribution is 2.20. The number of nitrogens with zero attached hydrogens (tertiary/aromatic N) is 2. The van der Waals surface area contributed by atoms with Crippen molar-refractivity contribution in [2.24, 2.45) is 5.84 Å². The molecule has 0 bridgehead atoms. The second-order valence-electron chi connectivity index (χ2n) is 4.34. The molecule has 0 aliphatic carbocycles. The minimum atomic E-state index is -0.0713. The smallest absolute Gasteiger partial charge is 0.216 e. The van der Waals surface area contributed by atoms with Crippen molar-refractivity contribution >= 4 is 0 Å². The first-order valence-corrected chi connectivity index (χ1v) is 6.11. The third kappa shape index (κ3) is 3.27. The van der Waals surface area contributed by atoms with Gasteiger partial charge in [0.1, 0.15) is 6.33 Å². The van der Waals surface area contributed by atoms with E-state index in [-0.39, 0.29) is 6.04 Å². The molecule has 0 aliphatic heterocycles. The number of methoxy groups -OCH3 is 1. The zero-order chi connectivity index (χ0) is 13.7. The van der Waals surface area contributed by atoms with E-state index in [0.29, 0.717) is 5.88 Å². The van der Waals surface area contributed by atoms with Crippen LogP contribution in [-0.2, 0) is 6.42 Å². The van der Waals surface area contributed by atoms with E-state index in [0.717, 1.165) is 12.1 Å². The number of hydrogen-bond donors (Lipinski definition) is 2. The van der Waals surface area contributed by atoms with Gasteiger partial charge in [-0.15, -0.1) is 0 Å². The minimum absolute atomic E-state index is 0.0713. The van der Waals surface area contributed by atoms with Crippen LogP contribution in [-0.4, -0.2) is 17.1 Å². The zero-order valence-electron chi connectivity index (χ0n) is 11.1. The lowest BCUT2D eigenvalue weighted by Crippen LogP contribution is -2.30. The fourth-order valence-corrected chi connectivity index (χ4v) is 1.96. The molecule has 2 rings (SSSR count). The van der Waals surface area contributed by atoms with Crippen molar-refractivity contribution in [2.75, 3.05) is 7.11 Å². The van der Waals surface area contributed by atoms with Gasteiger partial charge in [-0.3, -0.25) is 11.3 Å². The molecule has 0 spiro atoms. The van der Waals surface area contributed by atoms with E-state index in [1.165, 1.54) is 17.5 Å².